The van der Waals surface area contributed by atoms with Crippen molar-refractivity contribution in [1.82, 2.24) is 0 Å². The van der Waals surface area contributed by atoms with Gasteiger partial charge in [-0.05, 0) is 0 Å². The molecular formula is C7H12O3. The molecule has 0 amide bonds. The van der Waals surface area contributed by atoms with Crippen molar-refractivity contribution >= 4 is 0 Å². The highest BCUT2D eigenvalue weighted by Crippen LogP contribution is 2.44. The lowest BCUT2D eigenvalue weighted by Crippen LogP contribution is -2.24. The van der Waals surface area contributed by atoms with Gasteiger partial charge < -0.3 is 14.6 Å². The number of epoxide rings is 1. The Hall–Kier alpha value is -0.120. The molecule has 1 saturated heterocycles. The van der Waals surface area contributed by atoms with Crippen LogP contribution in [-0.4, -0.2) is 36.6 Å². The predicted molar refractivity (Wildman–Crippen MR) is 34.7 cm³/mol. The molecule has 58 valence electrons. The number of hydrogen-bond donors (Lipinski definition) is 1. The van der Waals surface area contributed by atoms with Gasteiger partial charge in [-0.2, -0.15) is 0 Å². The van der Waals surface area contributed by atoms with Crippen LogP contribution in [0.25, 0.3) is 0 Å². The third kappa shape index (κ3) is 0.779. The first-order chi connectivity index (χ1) is 4.77. The van der Waals surface area contributed by atoms with E-state index in [1.54, 1.807) is 7.11 Å². The molecule has 3 nitrogen and oxygen atoms in total. The van der Waals surface area contributed by atoms with Gasteiger partial charge in [0, 0.05) is 20.0 Å². The first kappa shape index (κ1) is 6.58. The molecule has 2 rings (SSSR count). The third-order valence-electron chi connectivity index (χ3n) is 2.45. The minimum absolute atomic E-state index is 0.0891. The van der Waals surface area contributed by atoms with Gasteiger partial charge >= 0.3 is 0 Å². The van der Waals surface area contributed by atoms with Crippen LogP contribution in [0.1, 0.15) is 12.8 Å². The topological polar surface area (TPSA) is 42.0 Å². The van der Waals surface area contributed by atoms with Gasteiger partial charge in [-0.25, -0.2) is 0 Å². The SMILES string of the molecule is CO[C@@H]1C[C@@H](O)C[C@]12CO2. The lowest BCUT2D eigenvalue weighted by molar-refractivity contribution is 0.0474. The lowest BCUT2D eigenvalue weighted by atomic mass is 10.1. The van der Waals surface area contributed by atoms with Crippen LogP contribution in [0.3, 0.4) is 0 Å². The summed E-state index contributed by atoms with van der Waals surface area (Å²) in [6, 6.07) is 0. The van der Waals surface area contributed by atoms with Crippen LogP contribution >= 0.6 is 0 Å². The van der Waals surface area contributed by atoms with Crippen LogP contribution < -0.4 is 0 Å². The normalized spacial score (nSPS) is 52.2. The molecular weight excluding hydrogens is 132 g/mol. The molecule has 10 heavy (non-hydrogen) atoms. The van der Waals surface area contributed by atoms with Crippen LogP contribution in [-0.2, 0) is 9.47 Å². The summed E-state index contributed by atoms with van der Waals surface area (Å²) in [4.78, 5) is 0. The maximum absolute atomic E-state index is 9.25. The molecule has 0 unspecified atom stereocenters. The monoisotopic (exact) mass is 144 g/mol. The molecule has 1 spiro atoms. The number of methoxy groups -OCH3 is 1. The van der Waals surface area contributed by atoms with Crippen LogP contribution in [0.15, 0.2) is 0 Å². The van der Waals surface area contributed by atoms with Crippen molar-refractivity contribution in [2.45, 2.75) is 30.7 Å². The molecule has 3 atom stereocenters. The van der Waals surface area contributed by atoms with Crippen LogP contribution in [0.2, 0.25) is 0 Å². The minimum atomic E-state index is -0.215. The summed E-state index contributed by atoms with van der Waals surface area (Å²) in [7, 11) is 1.67. The minimum Gasteiger partial charge on any atom is -0.393 e. The zero-order valence-electron chi connectivity index (χ0n) is 6.04. The summed E-state index contributed by atoms with van der Waals surface area (Å²) in [6.45, 7) is 0.766. The second-order valence-electron chi connectivity index (χ2n) is 3.17. The van der Waals surface area contributed by atoms with E-state index >= 15 is 0 Å². The van der Waals surface area contributed by atoms with E-state index in [1.165, 1.54) is 0 Å². The molecule has 1 saturated carbocycles. The van der Waals surface area contributed by atoms with E-state index in [-0.39, 0.29) is 17.8 Å². The molecule has 3 heteroatoms. The molecule has 1 aliphatic heterocycles. The Morgan fingerprint density at radius 1 is 1.70 bits per heavy atom. The molecule has 0 bridgehead atoms. The molecule has 0 aromatic heterocycles. The summed E-state index contributed by atoms with van der Waals surface area (Å²) >= 11 is 0. The highest BCUT2D eigenvalue weighted by Gasteiger charge is 2.57. The van der Waals surface area contributed by atoms with E-state index in [9.17, 15) is 5.11 Å². The van der Waals surface area contributed by atoms with Crippen molar-refractivity contribution in [2.75, 3.05) is 13.7 Å². The van der Waals surface area contributed by atoms with Gasteiger partial charge in [0.2, 0.25) is 0 Å². The zero-order chi connectivity index (χ0) is 7.19. The average Bonchev–Trinajstić information content (AvgIpc) is 2.55. The van der Waals surface area contributed by atoms with Crippen molar-refractivity contribution in [3.05, 3.63) is 0 Å². The van der Waals surface area contributed by atoms with E-state index in [0.717, 1.165) is 19.4 Å². The smallest absolute Gasteiger partial charge is 0.120 e. The van der Waals surface area contributed by atoms with Crippen molar-refractivity contribution < 1.29 is 14.6 Å². The first-order valence-electron chi connectivity index (χ1n) is 3.62. The summed E-state index contributed by atoms with van der Waals surface area (Å²) in [5.41, 5.74) is -0.0891. The van der Waals surface area contributed by atoms with Gasteiger partial charge in [0.1, 0.15) is 5.60 Å². The van der Waals surface area contributed by atoms with Crippen LogP contribution in [0.5, 0.6) is 0 Å². The average molecular weight is 144 g/mol. The lowest BCUT2D eigenvalue weighted by Gasteiger charge is -2.11. The molecule has 0 aromatic rings. The van der Waals surface area contributed by atoms with E-state index in [4.69, 9.17) is 9.47 Å². The Morgan fingerprint density at radius 3 is 2.80 bits per heavy atom. The number of rotatable bonds is 1. The predicted octanol–water partition coefficient (Wildman–Crippen LogP) is -0.0749. The molecule has 0 radical (unpaired) electrons. The second-order valence-corrected chi connectivity index (χ2v) is 3.17. The number of aliphatic hydroxyl groups is 1. The van der Waals surface area contributed by atoms with E-state index < -0.39 is 0 Å². The Kier molecular flexibility index (Phi) is 1.27. The van der Waals surface area contributed by atoms with Crippen molar-refractivity contribution in [3.8, 4) is 0 Å². The fourth-order valence-corrected chi connectivity index (χ4v) is 1.78. The van der Waals surface area contributed by atoms with Crippen molar-refractivity contribution in [1.29, 1.82) is 0 Å². The van der Waals surface area contributed by atoms with E-state index in [2.05, 4.69) is 0 Å². The number of hydrogen-bond acceptors (Lipinski definition) is 3. The van der Waals surface area contributed by atoms with Crippen molar-refractivity contribution in [2.24, 2.45) is 0 Å². The largest absolute Gasteiger partial charge is 0.393 e. The molecule has 1 aliphatic carbocycles. The summed E-state index contributed by atoms with van der Waals surface area (Å²) in [5, 5.41) is 9.25. The van der Waals surface area contributed by atoms with Gasteiger partial charge in [0.15, 0.2) is 0 Å². The second kappa shape index (κ2) is 1.94. The molecule has 2 fully saturated rings. The highest BCUT2D eigenvalue weighted by molar-refractivity contribution is 5.07. The van der Waals surface area contributed by atoms with Gasteiger partial charge in [-0.1, -0.05) is 0 Å². The van der Waals surface area contributed by atoms with E-state index in [0.29, 0.717) is 0 Å². The zero-order valence-corrected chi connectivity index (χ0v) is 6.04. The fraction of sp³-hybridized carbons (Fsp3) is 1.00. The maximum Gasteiger partial charge on any atom is 0.120 e. The Morgan fingerprint density at radius 2 is 2.40 bits per heavy atom. The highest BCUT2D eigenvalue weighted by atomic mass is 16.6. The van der Waals surface area contributed by atoms with Gasteiger partial charge in [-0.3, -0.25) is 0 Å². The van der Waals surface area contributed by atoms with Gasteiger partial charge in [-0.15, -0.1) is 0 Å². The first-order valence-corrected chi connectivity index (χ1v) is 3.62. The summed E-state index contributed by atoms with van der Waals surface area (Å²) < 4.78 is 10.4. The quantitative estimate of drug-likeness (QED) is 0.523. The third-order valence-corrected chi connectivity index (χ3v) is 2.45. The molecule has 0 aromatic carbocycles. The van der Waals surface area contributed by atoms with Crippen LogP contribution in [0.4, 0.5) is 0 Å². The Labute approximate surface area is 59.9 Å². The number of aliphatic hydroxyl groups excluding tert-OH is 1. The Balaban J connectivity index is 2.06. The summed E-state index contributed by atoms with van der Waals surface area (Å²) in [6.07, 6.45) is 1.40. The van der Waals surface area contributed by atoms with Gasteiger partial charge in [0.25, 0.3) is 0 Å². The number of ether oxygens (including phenoxy) is 2. The Bertz CT molecular complexity index is 142. The van der Waals surface area contributed by atoms with Crippen LogP contribution in [0, 0.1) is 0 Å². The molecule has 2 aliphatic rings. The fourth-order valence-electron chi connectivity index (χ4n) is 1.78. The molecule has 1 N–H and O–H groups in total. The standard InChI is InChI=1S/C7H12O3/c1-9-6-2-5(8)3-7(6)4-10-7/h5-6,8H,2-4H2,1H3/t5-,6-,7+/m1/s1. The summed E-state index contributed by atoms with van der Waals surface area (Å²) in [5.74, 6) is 0. The maximum atomic E-state index is 9.25. The van der Waals surface area contributed by atoms with Gasteiger partial charge in [0.05, 0.1) is 18.8 Å². The molecule has 1 heterocycles. The van der Waals surface area contributed by atoms with Crippen molar-refractivity contribution in [3.63, 3.8) is 0 Å². The van der Waals surface area contributed by atoms with E-state index in [1.807, 2.05) is 0 Å².